The van der Waals surface area contributed by atoms with Crippen LogP contribution in [-0.2, 0) is 4.79 Å². The summed E-state index contributed by atoms with van der Waals surface area (Å²) in [6.07, 6.45) is -3.88. The van der Waals surface area contributed by atoms with Crippen molar-refractivity contribution in [2.24, 2.45) is 22.2 Å². The van der Waals surface area contributed by atoms with Crippen molar-refractivity contribution in [2.75, 3.05) is 13.6 Å². The standard InChI is InChI=1S/C10H16F3N3O2/c1-6-3-9(4-6,7(14)15-18)8(17)16(2)5-10(11,12)13/h6,18H,3-5H2,1-2H3,(H2,14,15). The van der Waals surface area contributed by atoms with Gasteiger partial charge in [-0.25, -0.2) is 0 Å². The third kappa shape index (κ3) is 2.68. The molecule has 1 rings (SSSR count). The van der Waals surface area contributed by atoms with Gasteiger partial charge in [0, 0.05) is 7.05 Å². The van der Waals surface area contributed by atoms with Crippen molar-refractivity contribution in [2.45, 2.75) is 25.9 Å². The summed E-state index contributed by atoms with van der Waals surface area (Å²) in [6.45, 7) is 0.501. The van der Waals surface area contributed by atoms with E-state index in [9.17, 15) is 18.0 Å². The van der Waals surface area contributed by atoms with Crippen molar-refractivity contribution >= 4 is 11.7 Å². The second-order valence-electron chi connectivity index (χ2n) is 4.86. The number of rotatable bonds is 3. The van der Waals surface area contributed by atoms with E-state index in [0.717, 1.165) is 7.05 Å². The molecule has 0 aromatic heterocycles. The van der Waals surface area contributed by atoms with Crippen molar-refractivity contribution < 1.29 is 23.2 Å². The summed E-state index contributed by atoms with van der Waals surface area (Å²) >= 11 is 0. The average Bonchev–Trinajstić information content (AvgIpc) is 2.19. The largest absolute Gasteiger partial charge is 0.409 e. The zero-order valence-corrected chi connectivity index (χ0v) is 10.2. The molecule has 5 nitrogen and oxygen atoms in total. The van der Waals surface area contributed by atoms with Gasteiger partial charge in [0.15, 0.2) is 5.84 Å². The molecule has 104 valence electrons. The van der Waals surface area contributed by atoms with Crippen molar-refractivity contribution in [3.8, 4) is 0 Å². The Balaban J connectivity index is 2.86. The van der Waals surface area contributed by atoms with Crippen molar-refractivity contribution in [1.82, 2.24) is 4.90 Å². The van der Waals surface area contributed by atoms with E-state index in [1.165, 1.54) is 0 Å². The maximum Gasteiger partial charge on any atom is 0.406 e. The number of nitrogens with zero attached hydrogens (tertiary/aromatic N) is 2. The van der Waals surface area contributed by atoms with E-state index < -0.39 is 24.0 Å². The highest BCUT2D eigenvalue weighted by molar-refractivity contribution is 6.07. The molecule has 1 amide bonds. The lowest BCUT2D eigenvalue weighted by Gasteiger charge is -2.45. The minimum atomic E-state index is -4.47. The number of alkyl halides is 3. The molecule has 18 heavy (non-hydrogen) atoms. The molecule has 1 aliphatic rings. The summed E-state index contributed by atoms with van der Waals surface area (Å²) in [5, 5.41) is 11.4. The van der Waals surface area contributed by atoms with Crippen LogP contribution in [0.25, 0.3) is 0 Å². The highest BCUT2D eigenvalue weighted by Crippen LogP contribution is 2.47. The van der Waals surface area contributed by atoms with E-state index >= 15 is 0 Å². The Morgan fingerprint density at radius 3 is 2.39 bits per heavy atom. The van der Waals surface area contributed by atoms with Gasteiger partial charge < -0.3 is 15.8 Å². The van der Waals surface area contributed by atoms with Gasteiger partial charge in [0.25, 0.3) is 0 Å². The zero-order chi connectivity index (χ0) is 14.1. The number of amides is 1. The molecule has 1 saturated carbocycles. The topological polar surface area (TPSA) is 78.9 Å². The summed E-state index contributed by atoms with van der Waals surface area (Å²) in [6, 6.07) is 0. The minimum Gasteiger partial charge on any atom is -0.409 e. The second-order valence-corrected chi connectivity index (χ2v) is 4.86. The van der Waals surface area contributed by atoms with E-state index in [4.69, 9.17) is 10.9 Å². The van der Waals surface area contributed by atoms with Crippen LogP contribution < -0.4 is 5.73 Å². The Morgan fingerprint density at radius 1 is 1.56 bits per heavy atom. The summed E-state index contributed by atoms with van der Waals surface area (Å²) in [4.78, 5) is 12.6. The molecule has 0 radical (unpaired) electrons. The number of carbonyl (C=O) groups excluding carboxylic acids is 1. The van der Waals surface area contributed by atoms with Crippen LogP contribution in [0.15, 0.2) is 5.16 Å². The Morgan fingerprint density at radius 2 is 2.06 bits per heavy atom. The zero-order valence-electron chi connectivity index (χ0n) is 10.2. The van der Waals surface area contributed by atoms with Crippen LogP contribution in [0.2, 0.25) is 0 Å². The fourth-order valence-electron chi connectivity index (χ4n) is 2.43. The number of amidine groups is 1. The molecule has 0 bridgehead atoms. The third-order valence-corrected chi connectivity index (χ3v) is 3.16. The smallest absolute Gasteiger partial charge is 0.406 e. The van der Waals surface area contributed by atoms with Gasteiger partial charge in [-0.1, -0.05) is 12.1 Å². The number of nitrogens with two attached hydrogens (primary N) is 1. The quantitative estimate of drug-likeness (QED) is 0.348. The number of hydrogen-bond donors (Lipinski definition) is 2. The minimum absolute atomic E-state index is 0.161. The number of hydrogen-bond acceptors (Lipinski definition) is 3. The molecule has 0 heterocycles. The number of carbonyl (C=O) groups is 1. The maximum absolute atomic E-state index is 12.2. The Labute approximate surface area is 102 Å². The molecule has 1 fully saturated rings. The van der Waals surface area contributed by atoms with Gasteiger partial charge in [-0.05, 0) is 18.8 Å². The third-order valence-electron chi connectivity index (χ3n) is 3.16. The lowest BCUT2D eigenvalue weighted by atomic mass is 9.61. The molecule has 0 spiro atoms. The molecule has 3 N–H and O–H groups in total. The van der Waals surface area contributed by atoms with E-state index in [1.54, 1.807) is 0 Å². The summed E-state index contributed by atoms with van der Waals surface area (Å²) in [5.74, 6) is -0.915. The van der Waals surface area contributed by atoms with E-state index in [2.05, 4.69) is 5.16 Å². The summed E-state index contributed by atoms with van der Waals surface area (Å²) in [7, 11) is 1.06. The molecule has 0 saturated heterocycles. The fraction of sp³-hybridized carbons (Fsp3) is 0.800. The van der Waals surface area contributed by atoms with E-state index in [0.29, 0.717) is 17.7 Å². The first-order valence-electron chi connectivity index (χ1n) is 5.42. The van der Waals surface area contributed by atoms with Crippen LogP contribution in [-0.4, -0.2) is 41.6 Å². The predicted octanol–water partition coefficient (Wildman–Crippen LogP) is 1.17. The molecule has 0 unspecified atom stereocenters. The van der Waals surface area contributed by atoms with Gasteiger partial charge in [0.05, 0.1) is 0 Å². The van der Waals surface area contributed by atoms with Gasteiger partial charge in [0.2, 0.25) is 5.91 Å². The van der Waals surface area contributed by atoms with Gasteiger partial charge in [-0.3, -0.25) is 4.79 Å². The average molecular weight is 267 g/mol. The Bertz CT molecular complexity index is 362. The van der Waals surface area contributed by atoms with Crippen LogP contribution in [0.4, 0.5) is 13.2 Å². The SMILES string of the molecule is CC1CC(C(=O)N(C)CC(F)(F)F)(C(N)=NO)C1. The van der Waals surface area contributed by atoms with Crippen molar-refractivity contribution in [1.29, 1.82) is 0 Å². The molecular formula is C10H16F3N3O2. The van der Waals surface area contributed by atoms with Gasteiger partial charge in [0.1, 0.15) is 12.0 Å². The highest BCUT2D eigenvalue weighted by Gasteiger charge is 2.54. The molecule has 0 aliphatic heterocycles. The van der Waals surface area contributed by atoms with Crippen LogP contribution in [0.3, 0.4) is 0 Å². The Hall–Kier alpha value is -1.47. The molecule has 0 atom stereocenters. The first-order chi connectivity index (χ1) is 8.12. The molecule has 8 heteroatoms. The molecule has 1 aliphatic carbocycles. The van der Waals surface area contributed by atoms with Crippen molar-refractivity contribution in [3.63, 3.8) is 0 Å². The number of halogens is 3. The maximum atomic E-state index is 12.2. The molecule has 0 aromatic carbocycles. The van der Waals surface area contributed by atoms with E-state index in [1.807, 2.05) is 6.92 Å². The van der Waals surface area contributed by atoms with Crippen LogP contribution in [0.5, 0.6) is 0 Å². The van der Waals surface area contributed by atoms with E-state index in [-0.39, 0.29) is 11.8 Å². The van der Waals surface area contributed by atoms with Gasteiger partial charge >= 0.3 is 6.18 Å². The normalized spacial score (nSPS) is 28.7. The lowest BCUT2D eigenvalue weighted by Crippen LogP contribution is -2.58. The lowest BCUT2D eigenvalue weighted by molar-refractivity contribution is -0.166. The number of oxime groups is 1. The summed E-state index contributed by atoms with van der Waals surface area (Å²) in [5.41, 5.74) is 4.17. The molecular weight excluding hydrogens is 251 g/mol. The highest BCUT2D eigenvalue weighted by atomic mass is 19.4. The first-order valence-corrected chi connectivity index (χ1v) is 5.42. The monoisotopic (exact) mass is 267 g/mol. The van der Waals surface area contributed by atoms with Crippen LogP contribution in [0.1, 0.15) is 19.8 Å². The van der Waals surface area contributed by atoms with Crippen molar-refractivity contribution in [3.05, 3.63) is 0 Å². The van der Waals surface area contributed by atoms with Gasteiger partial charge in [-0.2, -0.15) is 13.2 Å². The van der Waals surface area contributed by atoms with Crippen LogP contribution in [0, 0.1) is 11.3 Å². The second kappa shape index (κ2) is 4.66. The molecule has 0 aromatic rings. The Kier molecular flexibility index (Phi) is 3.78. The first kappa shape index (κ1) is 14.6. The fourth-order valence-corrected chi connectivity index (χ4v) is 2.43. The summed E-state index contributed by atoms with van der Waals surface area (Å²) < 4.78 is 36.7. The van der Waals surface area contributed by atoms with Gasteiger partial charge in [-0.15, -0.1) is 0 Å². The predicted molar refractivity (Wildman–Crippen MR) is 57.9 cm³/mol. The van der Waals surface area contributed by atoms with Crippen LogP contribution >= 0.6 is 0 Å².